The molecule has 0 aliphatic rings. The second-order valence-corrected chi connectivity index (χ2v) is 15.8. The summed E-state index contributed by atoms with van der Waals surface area (Å²) in [5, 5.41) is 3.08. The Morgan fingerprint density at radius 3 is 1.25 bits per heavy atom. The van der Waals surface area contributed by atoms with Crippen LogP contribution in [0.5, 0.6) is 0 Å². The molecule has 0 aliphatic heterocycles. The van der Waals surface area contributed by atoms with Gasteiger partial charge in [0.25, 0.3) is 0 Å². The summed E-state index contributed by atoms with van der Waals surface area (Å²) in [6.07, 6.45) is 0. The maximum absolute atomic E-state index is 6.88. The third-order valence-electron chi connectivity index (χ3n) is 12.0. The van der Waals surface area contributed by atoms with Crippen molar-refractivity contribution < 1.29 is 4.42 Å². The van der Waals surface area contributed by atoms with Crippen LogP contribution >= 0.6 is 0 Å². The number of furan rings is 1. The fourth-order valence-corrected chi connectivity index (χ4v) is 9.02. The average Bonchev–Trinajstić information content (AvgIpc) is 3.90. The lowest BCUT2D eigenvalue weighted by molar-refractivity contribution is 0.662. The second-order valence-electron chi connectivity index (χ2n) is 15.8. The largest absolute Gasteiger partial charge is 0.450 e. The predicted octanol–water partition coefficient (Wildman–Crippen LogP) is 15.7. The molecule has 0 amide bonds. The average molecular weight is 822 g/mol. The molecular weight excluding hydrogens is 783 g/mol. The molecule has 12 rings (SSSR count). The second kappa shape index (κ2) is 15.6. The molecule has 6 nitrogen and oxygen atoms in total. The van der Waals surface area contributed by atoms with E-state index < -0.39 is 0 Å². The van der Waals surface area contributed by atoms with E-state index in [1.54, 1.807) is 0 Å². The van der Waals surface area contributed by atoms with Gasteiger partial charge in [0.1, 0.15) is 11.1 Å². The lowest BCUT2D eigenvalue weighted by Crippen LogP contribution is -2.09. The molecule has 0 saturated heterocycles. The van der Waals surface area contributed by atoms with Crippen molar-refractivity contribution in [1.82, 2.24) is 14.5 Å². The van der Waals surface area contributed by atoms with E-state index in [1.807, 2.05) is 24.3 Å². The quantitative estimate of drug-likeness (QED) is 0.145. The van der Waals surface area contributed by atoms with Crippen molar-refractivity contribution >= 4 is 78.0 Å². The summed E-state index contributed by atoms with van der Waals surface area (Å²) in [6, 6.07) is 82.7. The van der Waals surface area contributed by atoms with E-state index in [1.165, 1.54) is 0 Å². The molecule has 0 bridgehead atoms. The summed E-state index contributed by atoms with van der Waals surface area (Å²) in [5.74, 6) is 1.30. The maximum Gasteiger partial charge on any atom is 0.197 e. The fraction of sp³-hybridized carbons (Fsp3) is 0. The number of fused-ring (bicyclic) bond motifs is 6. The Labute approximate surface area is 370 Å². The van der Waals surface area contributed by atoms with Gasteiger partial charge in [-0.25, -0.2) is 9.97 Å². The molecule has 3 aromatic heterocycles. The van der Waals surface area contributed by atoms with Gasteiger partial charge in [-0.2, -0.15) is 0 Å². The molecule has 9 aromatic carbocycles. The molecule has 0 fully saturated rings. The van der Waals surface area contributed by atoms with Crippen molar-refractivity contribution in [3.8, 4) is 28.3 Å². The lowest BCUT2D eigenvalue weighted by Gasteiger charge is -2.26. The molecule has 6 heteroatoms. The minimum atomic E-state index is 0.622. The Hall–Kier alpha value is -8.74. The topological polar surface area (TPSA) is 50.3 Å². The standard InChI is InChI=1S/C58H39N5O/c1-7-19-40(20-8-1)42-31-36-54-51(37-42)55-56(64-54)58(60-57(59-55)41-21-9-2-10-22-41)63-52-34-32-47(61(43-23-11-3-12-24-43)44-25-13-4-14-26-44)38-49(52)50-39-48(33-35-53(50)63)62(45-27-15-5-16-28-45)46-29-17-6-18-30-46/h1-39H. The summed E-state index contributed by atoms with van der Waals surface area (Å²) in [6.45, 7) is 0. The van der Waals surface area contributed by atoms with Gasteiger partial charge in [0.2, 0.25) is 0 Å². The first-order valence-corrected chi connectivity index (χ1v) is 21.5. The van der Waals surface area contributed by atoms with Crippen LogP contribution in [-0.4, -0.2) is 14.5 Å². The Kier molecular flexibility index (Phi) is 9.05. The SMILES string of the molecule is c1ccc(-c2ccc3oc4c(-n5c6ccc(N(c7ccccc7)c7ccccc7)cc6c6cc(N(c7ccccc7)c7ccccc7)ccc65)nc(-c5ccccc5)nc4c3c2)cc1. The highest BCUT2D eigenvalue weighted by molar-refractivity contribution is 6.14. The molecule has 0 saturated carbocycles. The Morgan fingerprint density at radius 2 is 0.781 bits per heavy atom. The van der Waals surface area contributed by atoms with Gasteiger partial charge in [-0.1, -0.05) is 140 Å². The maximum atomic E-state index is 6.88. The van der Waals surface area contributed by atoms with Crippen LogP contribution < -0.4 is 9.80 Å². The number of aromatic nitrogens is 3. The van der Waals surface area contributed by atoms with Crippen LogP contribution in [0.25, 0.3) is 72.2 Å². The minimum Gasteiger partial charge on any atom is -0.450 e. The number of benzene rings is 9. The molecular formula is C58H39N5O. The first kappa shape index (κ1) is 37.1. The number of anilines is 6. The Bertz CT molecular complexity index is 3370. The highest BCUT2D eigenvalue weighted by atomic mass is 16.3. The molecule has 0 aliphatic carbocycles. The van der Waals surface area contributed by atoms with Crippen LogP contribution in [0.4, 0.5) is 34.1 Å². The third-order valence-corrected chi connectivity index (χ3v) is 12.0. The van der Waals surface area contributed by atoms with Crippen LogP contribution in [0, 0.1) is 0 Å². The van der Waals surface area contributed by atoms with E-state index in [0.717, 1.165) is 89.1 Å². The number of rotatable bonds is 9. The van der Waals surface area contributed by atoms with Gasteiger partial charge in [-0.15, -0.1) is 0 Å². The van der Waals surface area contributed by atoms with Crippen molar-refractivity contribution in [3.63, 3.8) is 0 Å². The molecule has 302 valence electrons. The lowest BCUT2D eigenvalue weighted by atomic mass is 10.0. The van der Waals surface area contributed by atoms with Crippen LogP contribution in [0.15, 0.2) is 241 Å². The molecule has 0 atom stereocenters. The monoisotopic (exact) mass is 821 g/mol. The highest BCUT2D eigenvalue weighted by Crippen LogP contribution is 2.44. The zero-order chi connectivity index (χ0) is 42.4. The third kappa shape index (κ3) is 6.44. The van der Waals surface area contributed by atoms with E-state index in [-0.39, 0.29) is 0 Å². The highest BCUT2D eigenvalue weighted by Gasteiger charge is 2.25. The van der Waals surface area contributed by atoms with Gasteiger partial charge in [-0.05, 0) is 108 Å². The Balaban J connectivity index is 1.16. The first-order valence-electron chi connectivity index (χ1n) is 21.5. The van der Waals surface area contributed by atoms with E-state index >= 15 is 0 Å². The zero-order valence-electron chi connectivity index (χ0n) is 34.7. The Morgan fingerprint density at radius 1 is 0.344 bits per heavy atom. The van der Waals surface area contributed by atoms with Gasteiger partial charge in [0, 0.05) is 55.8 Å². The molecule has 0 N–H and O–H groups in total. The van der Waals surface area contributed by atoms with Crippen LogP contribution in [0.3, 0.4) is 0 Å². The smallest absolute Gasteiger partial charge is 0.197 e. The normalized spacial score (nSPS) is 11.4. The molecule has 0 radical (unpaired) electrons. The van der Waals surface area contributed by atoms with Crippen molar-refractivity contribution in [3.05, 3.63) is 237 Å². The van der Waals surface area contributed by atoms with Gasteiger partial charge >= 0.3 is 0 Å². The molecule has 12 aromatic rings. The number of hydrogen-bond donors (Lipinski definition) is 0. The summed E-state index contributed by atoms with van der Waals surface area (Å²) in [5.41, 5.74) is 13.6. The summed E-state index contributed by atoms with van der Waals surface area (Å²) in [7, 11) is 0. The fourth-order valence-electron chi connectivity index (χ4n) is 9.02. The predicted molar refractivity (Wildman–Crippen MR) is 264 cm³/mol. The van der Waals surface area contributed by atoms with E-state index in [9.17, 15) is 0 Å². The van der Waals surface area contributed by atoms with Gasteiger partial charge in [0.05, 0.1) is 11.0 Å². The molecule has 0 unspecified atom stereocenters. The summed E-state index contributed by atoms with van der Waals surface area (Å²) >= 11 is 0. The van der Waals surface area contributed by atoms with Crippen LogP contribution in [0.1, 0.15) is 0 Å². The number of para-hydroxylation sites is 4. The summed E-state index contributed by atoms with van der Waals surface area (Å²) in [4.78, 5) is 15.3. The molecule has 0 spiro atoms. The van der Waals surface area contributed by atoms with Crippen molar-refractivity contribution in [2.75, 3.05) is 9.80 Å². The van der Waals surface area contributed by atoms with E-state index in [0.29, 0.717) is 17.2 Å². The van der Waals surface area contributed by atoms with Crippen LogP contribution in [-0.2, 0) is 0 Å². The number of hydrogen-bond acceptors (Lipinski definition) is 5. The van der Waals surface area contributed by atoms with Gasteiger partial charge < -0.3 is 14.2 Å². The van der Waals surface area contributed by atoms with Crippen molar-refractivity contribution in [1.29, 1.82) is 0 Å². The minimum absolute atomic E-state index is 0.622. The zero-order valence-corrected chi connectivity index (χ0v) is 34.7. The van der Waals surface area contributed by atoms with Gasteiger partial charge in [0.15, 0.2) is 17.2 Å². The summed E-state index contributed by atoms with van der Waals surface area (Å²) < 4.78 is 9.14. The van der Waals surface area contributed by atoms with Crippen LogP contribution in [0.2, 0.25) is 0 Å². The van der Waals surface area contributed by atoms with Crippen molar-refractivity contribution in [2.45, 2.75) is 0 Å². The molecule has 3 heterocycles. The first-order chi connectivity index (χ1) is 31.7. The van der Waals surface area contributed by atoms with Crippen molar-refractivity contribution in [2.24, 2.45) is 0 Å². The van der Waals surface area contributed by atoms with Gasteiger partial charge in [-0.3, -0.25) is 4.57 Å². The van der Waals surface area contributed by atoms with E-state index in [2.05, 4.69) is 227 Å². The number of nitrogens with zero attached hydrogens (tertiary/aromatic N) is 5. The van der Waals surface area contributed by atoms with E-state index in [4.69, 9.17) is 14.4 Å². The molecule has 64 heavy (non-hydrogen) atoms.